The van der Waals surface area contributed by atoms with E-state index in [9.17, 15) is 8.78 Å². The Hall–Kier alpha value is -0.180. The number of rotatable bonds is 2. The normalized spacial score (nSPS) is 27.3. The van der Waals surface area contributed by atoms with Crippen molar-refractivity contribution in [3.05, 3.63) is 0 Å². The monoisotopic (exact) mass is 163 g/mol. The Morgan fingerprint density at radius 2 is 2.18 bits per heavy atom. The molecule has 1 aliphatic rings. The summed E-state index contributed by atoms with van der Waals surface area (Å²) in [6.45, 7) is 4.55. The van der Waals surface area contributed by atoms with Gasteiger partial charge in [-0.15, -0.1) is 0 Å². The Morgan fingerprint density at radius 1 is 1.55 bits per heavy atom. The smallest absolute Gasteiger partial charge is 0.261 e. The van der Waals surface area contributed by atoms with Crippen molar-refractivity contribution in [2.75, 3.05) is 13.1 Å². The molecule has 0 radical (unpaired) electrons. The molecular formula is C8H15F2N. The van der Waals surface area contributed by atoms with Crippen molar-refractivity contribution in [3.8, 4) is 0 Å². The third-order valence-electron chi connectivity index (χ3n) is 2.41. The van der Waals surface area contributed by atoms with Crippen molar-refractivity contribution in [1.29, 1.82) is 0 Å². The van der Waals surface area contributed by atoms with Gasteiger partial charge in [0, 0.05) is 19.0 Å². The molecule has 0 saturated carbocycles. The van der Waals surface area contributed by atoms with Gasteiger partial charge in [-0.1, -0.05) is 6.92 Å². The first-order valence-electron chi connectivity index (χ1n) is 4.17. The first kappa shape index (κ1) is 8.91. The second kappa shape index (κ2) is 3.05. The molecule has 0 amide bonds. The van der Waals surface area contributed by atoms with Gasteiger partial charge < -0.3 is 0 Å². The molecule has 11 heavy (non-hydrogen) atoms. The molecule has 0 aromatic rings. The first-order valence-corrected chi connectivity index (χ1v) is 4.17. The summed E-state index contributed by atoms with van der Waals surface area (Å²) in [6, 6.07) is 0.309. The van der Waals surface area contributed by atoms with E-state index in [1.54, 1.807) is 0 Å². The highest BCUT2D eigenvalue weighted by atomic mass is 19.3. The lowest BCUT2D eigenvalue weighted by Crippen LogP contribution is -2.32. The average Bonchev–Trinajstić information content (AvgIpc) is 2.29. The average molecular weight is 163 g/mol. The van der Waals surface area contributed by atoms with Gasteiger partial charge in [0.25, 0.3) is 5.92 Å². The van der Waals surface area contributed by atoms with Crippen LogP contribution in [0, 0.1) is 0 Å². The Labute approximate surface area is 66.4 Å². The predicted molar refractivity (Wildman–Crippen MR) is 40.9 cm³/mol. The number of hydrogen-bond acceptors (Lipinski definition) is 1. The summed E-state index contributed by atoms with van der Waals surface area (Å²) in [5.41, 5.74) is 0. The van der Waals surface area contributed by atoms with Crippen LogP contribution in [0.4, 0.5) is 8.78 Å². The molecule has 0 aliphatic carbocycles. The molecule has 66 valence electrons. The summed E-state index contributed by atoms with van der Waals surface area (Å²) in [5.74, 6) is -2.43. The lowest BCUT2D eigenvalue weighted by atomic mass is 10.2. The minimum Gasteiger partial charge on any atom is -0.295 e. The Kier molecular flexibility index (Phi) is 2.47. The molecule has 1 rings (SSSR count). The highest BCUT2D eigenvalue weighted by Gasteiger charge is 2.39. The molecule has 1 nitrogen and oxygen atoms in total. The molecule has 1 fully saturated rings. The number of likely N-dealkylation sites (tertiary alicyclic amines) is 1. The quantitative estimate of drug-likeness (QED) is 0.602. The lowest BCUT2D eigenvalue weighted by molar-refractivity contribution is 0.00828. The molecule has 0 aromatic heterocycles. The van der Waals surface area contributed by atoms with Crippen molar-refractivity contribution in [1.82, 2.24) is 4.90 Å². The van der Waals surface area contributed by atoms with Gasteiger partial charge in [0.2, 0.25) is 0 Å². The van der Waals surface area contributed by atoms with Crippen LogP contribution in [0.2, 0.25) is 0 Å². The highest BCUT2D eigenvalue weighted by Crippen LogP contribution is 2.28. The van der Waals surface area contributed by atoms with Crippen LogP contribution in [-0.4, -0.2) is 30.0 Å². The molecule has 3 heteroatoms. The van der Waals surface area contributed by atoms with E-state index < -0.39 is 5.92 Å². The zero-order chi connectivity index (χ0) is 8.48. The topological polar surface area (TPSA) is 3.24 Å². The van der Waals surface area contributed by atoms with E-state index in [0.29, 0.717) is 12.6 Å². The van der Waals surface area contributed by atoms with Gasteiger partial charge in [-0.3, -0.25) is 4.90 Å². The van der Waals surface area contributed by atoms with Crippen molar-refractivity contribution in [2.24, 2.45) is 0 Å². The predicted octanol–water partition coefficient (Wildman–Crippen LogP) is 2.13. The minimum atomic E-state index is -2.43. The Balaban J connectivity index is 2.41. The van der Waals surface area contributed by atoms with E-state index in [0.717, 1.165) is 6.42 Å². The third-order valence-corrected chi connectivity index (χ3v) is 2.41. The zero-order valence-corrected chi connectivity index (χ0v) is 7.11. The van der Waals surface area contributed by atoms with Crippen LogP contribution in [0.3, 0.4) is 0 Å². The standard InChI is InChI=1S/C8H15F2N/c1-3-7(2)11-5-4-8(9,10)6-11/h7H,3-6H2,1-2H3. The summed E-state index contributed by atoms with van der Waals surface area (Å²) < 4.78 is 25.3. The zero-order valence-electron chi connectivity index (χ0n) is 7.11. The van der Waals surface area contributed by atoms with Crippen molar-refractivity contribution in [2.45, 2.75) is 38.7 Å². The highest BCUT2D eigenvalue weighted by molar-refractivity contribution is 4.84. The SMILES string of the molecule is CCC(C)N1CCC(F)(F)C1. The minimum absolute atomic E-state index is 0.0390. The molecule has 0 aromatic carbocycles. The summed E-state index contributed by atoms with van der Waals surface area (Å²) in [4.78, 5) is 1.86. The van der Waals surface area contributed by atoms with Crippen molar-refractivity contribution < 1.29 is 8.78 Å². The number of nitrogens with zero attached hydrogens (tertiary/aromatic N) is 1. The molecular weight excluding hydrogens is 148 g/mol. The van der Waals surface area contributed by atoms with Crippen LogP contribution in [-0.2, 0) is 0 Å². The molecule has 1 saturated heterocycles. The van der Waals surface area contributed by atoms with Gasteiger partial charge >= 0.3 is 0 Å². The van der Waals surface area contributed by atoms with Gasteiger partial charge in [-0.05, 0) is 13.3 Å². The second-order valence-electron chi connectivity index (χ2n) is 3.33. The van der Waals surface area contributed by atoms with Crippen LogP contribution in [0.15, 0.2) is 0 Å². The van der Waals surface area contributed by atoms with E-state index in [1.165, 1.54) is 0 Å². The van der Waals surface area contributed by atoms with Crippen LogP contribution < -0.4 is 0 Å². The largest absolute Gasteiger partial charge is 0.295 e. The number of halogens is 2. The summed E-state index contributed by atoms with van der Waals surface area (Å²) >= 11 is 0. The summed E-state index contributed by atoms with van der Waals surface area (Å²) in [6.07, 6.45) is 0.993. The first-order chi connectivity index (χ1) is 5.05. The number of hydrogen-bond donors (Lipinski definition) is 0. The molecule has 0 spiro atoms. The van der Waals surface area contributed by atoms with Crippen LogP contribution in [0.25, 0.3) is 0 Å². The molecule has 0 bridgehead atoms. The van der Waals surface area contributed by atoms with Crippen LogP contribution in [0.5, 0.6) is 0 Å². The fourth-order valence-corrected chi connectivity index (χ4v) is 1.40. The molecule has 1 aliphatic heterocycles. The maximum atomic E-state index is 12.6. The Bertz CT molecular complexity index is 136. The maximum absolute atomic E-state index is 12.6. The molecule has 1 atom stereocenters. The fourth-order valence-electron chi connectivity index (χ4n) is 1.40. The van der Waals surface area contributed by atoms with Gasteiger partial charge in [0.15, 0.2) is 0 Å². The summed E-state index contributed by atoms with van der Waals surface area (Å²) in [5, 5.41) is 0. The van der Waals surface area contributed by atoms with Crippen molar-refractivity contribution in [3.63, 3.8) is 0 Å². The van der Waals surface area contributed by atoms with E-state index in [4.69, 9.17) is 0 Å². The van der Waals surface area contributed by atoms with Gasteiger partial charge in [0.1, 0.15) is 0 Å². The van der Waals surface area contributed by atoms with Crippen LogP contribution in [0.1, 0.15) is 26.7 Å². The van der Waals surface area contributed by atoms with Crippen LogP contribution >= 0.6 is 0 Å². The molecule has 1 heterocycles. The van der Waals surface area contributed by atoms with E-state index in [2.05, 4.69) is 0 Å². The van der Waals surface area contributed by atoms with Gasteiger partial charge in [-0.25, -0.2) is 8.78 Å². The summed E-state index contributed by atoms with van der Waals surface area (Å²) in [7, 11) is 0. The third kappa shape index (κ3) is 2.12. The molecule has 0 N–H and O–H groups in total. The number of alkyl halides is 2. The van der Waals surface area contributed by atoms with E-state index in [-0.39, 0.29) is 13.0 Å². The van der Waals surface area contributed by atoms with E-state index in [1.807, 2.05) is 18.7 Å². The Morgan fingerprint density at radius 3 is 2.55 bits per heavy atom. The van der Waals surface area contributed by atoms with Crippen molar-refractivity contribution >= 4 is 0 Å². The van der Waals surface area contributed by atoms with E-state index >= 15 is 0 Å². The molecule has 1 unspecified atom stereocenters. The second-order valence-corrected chi connectivity index (χ2v) is 3.33. The van der Waals surface area contributed by atoms with Gasteiger partial charge in [0.05, 0.1) is 6.54 Å². The fraction of sp³-hybridized carbons (Fsp3) is 1.00. The lowest BCUT2D eigenvalue weighted by Gasteiger charge is -2.22. The maximum Gasteiger partial charge on any atom is 0.261 e. The van der Waals surface area contributed by atoms with Gasteiger partial charge in [-0.2, -0.15) is 0 Å².